The van der Waals surface area contributed by atoms with E-state index in [1.165, 1.54) is 24.3 Å². The molecule has 0 saturated carbocycles. The van der Waals surface area contributed by atoms with Crippen LogP contribution in [0.4, 0.5) is 15.2 Å². The van der Waals surface area contributed by atoms with Crippen LogP contribution in [0, 0.1) is 5.82 Å². The molecule has 0 aliphatic carbocycles. The van der Waals surface area contributed by atoms with Crippen molar-refractivity contribution in [3.05, 3.63) is 59.5 Å². The number of imidazole rings is 1. The van der Waals surface area contributed by atoms with E-state index in [1.54, 1.807) is 29.3 Å². The Balaban J connectivity index is 1.50. The lowest BCUT2D eigenvalue weighted by molar-refractivity contribution is -0.117. The first kappa shape index (κ1) is 22.0. The van der Waals surface area contributed by atoms with E-state index in [0.29, 0.717) is 27.8 Å². The molecule has 7 nitrogen and oxygen atoms in total. The van der Waals surface area contributed by atoms with Crippen LogP contribution < -0.4 is 10.6 Å². The zero-order valence-electron chi connectivity index (χ0n) is 17.4. The van der Waals surface area contributed by atoms with Crippen molar-refractivity contribution in [2.75, 3.05) is 16.9 Å². The second kappa shape index (κ2) is 9.49. The summed E-state index contributed by atoms with van der Waals surface area (Å²) in [5.74, 6) is 0.498. The Hall–Kier alpha value is -3.24. The number of anilines is 2. The molecule has 10 heteroatoms. The van der Waals surface area contributed by atoms with Crippen molar-refractivity contribution >= 4 is 56.8 Å². The lowest BCUT2D eigenvalue weighted by atomic mass is 10.1. The van der Waals surface area contributed by atoms with Crippen LogP contribution in [0.5, 0.6) is 0 Å². The molecule has 0 radical (unpaired) electrons. The predicted molar refractivity (Wildman–Crippen MR) is 127 cm³/mol. The number of carbonyl (C=O) groups is 2. The number of thioether (sulfide) groups is 1. The summed E-state index contributed by atoms with van der Waals surface area (Å²) < 4.78 is 16.4. The highest BCUT2D eigenvalue weighted by atomic mass is 32.2. The normalized spacial score (nSPS) is 11.0. The lowest BCUT2D eigenvalue weighted by Gasteiger charge is -2.08. The summed E-state index contributed by atoms with van der Waals surface area (Å²) >= 11 is 2.86. The third-order valence-electron chi connectivity index (χ3n) is 4.62. The minimum Gasteiger partial charge on any atom is -0.326 e. The Morgan fingerprint density at radius 3 is 2.72 bits per heavy atom. The average Bonchev–Trinajstić information content (AvgIpc) is 3.33. The van der Waals surface area contributed by atoms with Crippen LogP contribution in [-0.4, -0.2) is 32.6 Å². The van der Waals surface area contributed by atoms with Crippen molar-refractivity contribution in [1.82, 2.24) is 14.5 Å². The van der Waals surface area contributed by atoms with E-state index in [-0.39, 0.29) is 18.4 Å². The van der Waals surface area contributed by atoms with Gasteiger partial charge in [0.2, 0.25) is 11.8 Å². The SMILES string of the molecule is CSCc1nc2ccccc2n1CC(=O)Nc1nc(-c2ccc(NC(C)=O)cc2F)cs1. The smallest absolute Gasteiger partial charge is 0.246 e. The molecule has 0 aliphatic rings. The molecule has 0 fully saturated rings. The van der Waals surface area contributed by atoms with E-state index in [4.69, 9.17) is 0 Å². The number of amides is 2. The zero-order valence-corrected chi connectivity index (χ0v) is 19.0. The molecule has 2 N–H and O–H groups in total. The summed E-state index contributed by atoms with van der Waals surface area (Å²) in [5.41, 5.74) is 2.81. The molecule has 4 aromatic rings. The summed E-state index contributed by atoms with van der Waals surface area (Å²) in [5, 5.41) is 7.39. The van der Waals surface area contributed by atoms with Gasteiger partial charge in [0, 0.05) is 23.6 Å². The molecule has 0 saturated heterocycles. The molecule has 4 rings (SSSR count). The molecule has 2 heterocycles. The number of hydrogen-bond acceptors (Lipinski definition) is 6. The molecule has 0 atom stereocenters. The number of rotatable bonds is 7. The number of para-hydroxylation sites is 2. The lowest BCUT2D eigenvalue weighted by Crippen LogP contribution is -2.20. The van der Waals surface area contributed by atoms with E-state index in [1.807, 2.05) is 35.1 Å². The number of carbonyl (C=O) groups excluding carboxylic acids is 2. The molecular formula is C22H20FN5O2S2. The number of thiazole rings is 1. The zero-order chi connectivity index (χ0) is 22.7. The quantitative estimate of drug-likeness (QED) is 0.407. The number of fused-ring (bicyclic) bond motifs is 1. The van der Waals surface area contributed by atoms with Crippen molar-refractivity contribution < 1.29 is 14.0 Å². The molecule has 164 valence electrons. The number of benzene rings is 2. The summed E-state index contributed by atoms with van der Waals surface area (Å²) in [6.07, 6.45) is 1.99. The van der Waals surface area contributed by atoms with Crippen LogP contribution in [0.25, 0.3) is 22.3 Å². The van der Waals surface area contributed by atoms with Gasteiger partial charge in [0.25, 0.3) is 0 Å². The second-order valence-electron chi connectivity index (χ2n) is 7.00. The molecule has 0 unspecified atom stereocenters. The Kier molecular flexibility index (Phi) is 6.52. The molecule has 0 bridgehead atoms. The number of aromatic nitrogens is 3. The van der Waals surface area contributed by atoms with Gasteiger partial charge in [-0.05, 0) is 36.6 Å². The van der Waals surface area contributed by atoms with Crippen molar-refractivity contribution in [1.29, 1.82) is 0 Å². The van der Waals surface area contributed by atoms with Crippen LogP contribution in [0.3, 0.4) is 0 Å². The third-order valence-corrected chi connectivity index (χ3v) is 5.93. The standard InChI is InChI=1S/C22H20FN5O2S2/c1-13(29)24-14-7-8-15(16(23)9-14)18-11-32-22(26-18)27-21(30)10-28-19-6-4-3-5-17(19)25-20(28)12-31-2/h3-9,11H,10,12H2,1-2H3,(H,24,29)(H,26,27,30). The topological polar surface area (TPSA) is 88.9 Å². The number of nitrogens with zero attached hydrogens (tertiary/aromatic N) is 3. The van der Waals surface area contributed by atoms with Gasteiger partial charge in [0.1, 0.15) is 18.2 Å². The third kappa shape index (κ3) is 4.81. The average molecular weight is 470 g/mol. The maximum absolute atomic E-state index is 14.5. The minimum absolute atomic E-state index is 0.102. The van der Waals surface area contributed by atoms with E-state index in [9.17, 15) is 14.0 Å². The summed E-state index contributed by atoms with van der Waals surface area (Å²) in [6.45, 7) is 1.46. The first-order chi connectivity index (χ1) is 15.4. The van der Waals surface area contributed by atoms with Gasteiger partial charge in [0.05, 0.1) is 22.5 Å². The van der Waals surface area contributed by atoms with E-state index < -0.39 is 5.82 Å². The summed E-state index contributed by atoms with van der Waals surface area (Å²) in [7, 11) is 0. The minimum atomic E-state index is -0.508. The monoisotopic (exact) mass is 469 g/mol. The van der Waals surface area contributed by atoms with E-state index >= 15 is 0 Å². The van der Waals surface area contributed by atoms with Gasteiger partial charge in [-0.15, -0.1) is 11.3 Å². The molecule has 0 spiro atoms. The van der Waals surface area contributed by atoms with Gasteiger partial charge < -0.3 is 15.2 Å². The summed E-state index contributed by atoms with van der Waals surface area (Å²) in [6, 6.07) is 12.1. The fourth-order valence-corrected chi connectivity index (χ4v) is 4.51. The molecular weight excluding hydrogens is 449 g/mol. The second-order valence-corrected chi connectivity index (χ2v) is 8.72. The van der Waals surface area contributed by atoms with Gasteiger partial charge in [-0.3, -0.25) is 9.59 Å². The number of hydrogen-bond donors (Lipinski definition) is 2. The van der Waals surface area contributed by atoms with Crippen LogP contribution >= 0.6 is 23.1 Å². The summed E-state index contributed by atoms with van der Waals surface area (Å²) in [4.78, 5) is 32.8. The van der Waals surface area contributed by atoms with Gasteiger partial charge in [-0.1, -0.05) is 12.1 Å². The maximum atomic E-state index is 14.5. The predicted octanol–water partition coefficient (Wildman–Crippen LogP) is 4.76. The van der Waals surface area contributed by atoms with E-state index in [2.05, 4.69) is 20.6 Å². The number of halogens is 1. The highest BCUT2D eigenvalue weighted by molar-refractivity contribution is 7.97. The van der Waals surface area contributed by atoms with Gasteiger partial charge in [-0.2, -0.15) is 11.8 Å². The molecule has 0 aliphatic heterocycles. The van der Waals surface area contributed by atoms with Crippen LogP contribution in [0.2, 0.25) is 0 Å². The highest BCUT2D eigenvalue weighted by Crippen LogP contribution is 2.29. The Morgan fingerprint density at radius 1 is 1.16 bits per heavy atom. The molecule has 2 amide bonds. The Labute approximate surface area is 192 Å². The van der Waals surface area contributed by atoms with Crippen molar-refractivity contribution in [2.24, 2.45) is 0 Å². The van der Waals surface area contributed by atoms with Gasteiger partial charge >= 0.3 is 0 Å². The number of nitrogens with one attached hydrogen (secondary N) is 2. The highest BCUT2D eigenvalue weighted by Gasteiger charge is 2.16. The van der Waals surface area contributed by atoms with Gasteiger partial charge in [0.15, 0.2) is 5.13 Å². The largest absolute Gasteiger partial charge is 0.326 e. The molecule has 2 aromatic carbocycles. The first-order valence-electron chi connectivity index (χ1n) is 9.70. The molecule has 2 aromatic heterocycles. The van der Waals surface area contributed by atoms with Crippen LogP contribution in [0.15, 0.2) is 47.8 Å². The van der Waals surface area contributed by atoms with Crippen LogP contribution in [0.1, 0.15) is 12.7 Å². The van der Waals surface area contributed by atoms with E-state index in [0.717, 1.165) is 16.9 Å². The van der Waals surface area contributed by atoms with Crippen molar-refractivity contribution in [3.8, 4) is 11.3 Å². The molecule has 32 heavy (non-hydrogen) atoms. The Morgan fingerprint density at radius 2 is 1.97 bits per heavy atom. The fraction of sp³-hybridized carbons (Fsp3) is 0.182. The van der Waals surface area contributed by atoms with Crippen LogP contribution in [-0.2, 0) is 21.9 Å². The van der Waals surface area contributed by atoms with Crippen molar-refractivity contribution in [2.45, 2.75) is 19.2 Å². The Bertz CT molecular complexity index is 1300. The van der Waals surface area contributed by atoms with Crippen molar-refractivity contribution in [3.63, 3.8) is 0 Å². The maximum Gasteiger partial charge on any atom is 0.246 e. The first-order valence-corrected chi connectivity index (χ1v) is 12.0. The fourth-order valence-electron chi connectivity index (χ4n) is 3.30. The van der Waals surface area contributed by atoms with Gasteiger partial charge in [-0.25, -0.2) is 14.4 Å².